The summed E-state index contributed by atoms with van der Waals surface area (Å²) in [5.74, 6) is -1.62. The SMILES string of the molecule is CCC1=C2[C@@H](CC/C(=C/c3ccccc3O)c3ccccn3)OC[C@@H]2[C@@H]2C(=O)N(CCCCCC(=O)O)C(=O)[C@@H]2C1. The second-order valence-electron chi connectivity index (χ2n) is 11.2. The molecule has 3 aliphatic rings. The minimum absolute atomic E-state index is 0.0882. The molecule has 0 bridgehead atoms. The summed E-state index contributed by atoms with van der Waals surface area (Å²) in [6, 6.07) is 13.0. The number of carbonyl (C=O) groups is 3. The van der Waals surface area contributed by atoms with E-state index in [0.29, 0.717) is 51.7 Å². The molecule has 8 nitrogen and oxygen atoms in total. The first kappa shape index (κ1) is 28.7. The number of aromatic hydroxyl groups is 1. The van der Waals surface area contributed by atoms with Gasteiger partial charge in [0.1, 0.15) is 5.75 Å². The van der Waals surface area contributed by atoms with Gasteiger partial charge in [-0.15, -0.1) is 0 Å². The molecule has 0 spiro atoms. The average Bonchev–Trinajstić information content (AvgIpc) is 3.50. The number of ether oxygens (including phenoxy) is 1. The van der Waals surface area contributed by atoms with Gasteiger partial charge < -0.3 is 14.9 Å². The number of carbonyl (C=O) groups excluding carboxylic acids is 2. The summed E-state index contributed by atoms with van der Waals surface area (Å²) in [6.45, 7) is 2.88. The number of carboxylic acid groups (broad SMARTS) is 1. The second-order valence-corrected chi connectivity index (χ2v) is 11.2. The first-order valence-electron chi connectivity index (χ1n) is 14.7. The maximum Gasteiger partial charge on any atom is 0.303 e. The topological polar surface area (TPSA) is 117 Å². The van der Waals surface area contributed by atoms with Crippen molar-refractivity contribution in [2.45, 2.75) is 64.4 Å². The fourth-order valence-electron chi connectivity index (χ4n) is 6.73. The highest BCUT2D eigenvalue weighted by molar-refractivity contribution is 6.06. The summed E-state index contributed by atoms with van der Waals surface area (Å²) in [6.07, 6.45) is 8.31. The van der Waals surface area contributed by atoms with Crippen molar-refractivity contribution in [2.75, 3.05) is 13.2 Å². The average molecular weight is 559 g/mol. The highest BCUT2D eigenvalue weighted by Crippen LogP contribution is 2.50. The van der Waals surface area contributed by atoms with E-state index in [-0.39, 0.29) is 47.8 Å². The van der Waals surface area contributed by atoms with Gasteiger partial charge in [-0.1, -0.05) is 43.2 Å². The number of aromatic nitrogens is 1. The second kappa shape index (κ2) is 12.8. The number of unbranched alkanes of at least 4 members (excludes halogenated alkanes) is 2. The van der Waals surface area contributed by atoms with Crippen LogP contribution in [0.25, 0.3) is 11.6 Å². The molecule has 2 fully saturated rings. The molecule has 2 aromatic rings. The fraction of sp³-hybridized carbons (Fsp3) is 0.455. The van der Waals surface area contributed by atoms with Crippen molar-refractivity contribution in [2.24, 2.45) is 17.8 Å². The van der Waals surface area contributed by atoms with Gasteiger partial charge in [-0.25, -0.2) is 0 Å². The lowest BCUT2D eigenvalue weighted by molar-refractivity contribution is -0.141. The number of rotatable bonds is 12. The summed E-state index contributed by atoms with van der Waals surface area (Å²) >= 11 is 0. The van der Waals surface area contributed by atoms with E-state index in [2.05, 4.69) is 11.9 Å². The van der Waals surface area contributed by atoms with Gasteiger partial charge in [-0.05, 0) is 73.9 Å². The monoisotopic (exact) mass is 558 g/mol. The highest BCUT2D eigenvalue weighted by Gasteiger charge is 2.56. The number of phenols is 1. The Morgan fingerprint density at radius 1 is 1.05 bits per heavy atom. The van der Waals surface area contributed by atoms with Crippen LogP contribution in [-0.2, 0) is 19.1 Å². The van der Waals surface area contributed by atoms with Gasteiger partial charge in [-0.2, -0.15) is 0 Å². The Morgan fingerprint density at radius 2 is 1.85 bits per heavy atom. The molecule has 8 heteroatoms. The van der Waals surface area contributed by atoms with E-state index < -0.39 is 5.97 Å². The maximum absolute atomic E-state index is 13.5. The molecule has 0 unspecified atom stereocenters. The van der Waals surface area contributed by atoms with Crippen LogP contribution in [-0.4, -0.2) is 57.1 Å². The van der Waals surface area contributed by atoms with E-state index in [4.69, 9.17) is 9.84 Å². The van der Waals surface area contributed by atoms with E-state index in [1.54, 1.807) is 18.3 Å². The van der Waals surface area contributed by atoms with Crippen LogP contribution < -0.4 is 0 Å². The minimum Gasteiger partial charge on any atom is -0.507 e. The van der Waals surface area contributed by atoms with Crippen LogP contribution in [0, 0.1) is 17.8 Å². The minimum atomic E-state index is -0.827. The molecule has 5 rings (SSSR count). The Hall–Kier alpha value is -3.78. The number of likely N-dealkylation sites (tertiary alicyclic amines) is 1. The smallest absolute Gasteiger partial charge is 0.303 e. The van der Waals surface area contributed by atoms with Crippen molar-refractivity contribution < 1.29 is 29.3 Å². The first-order chi connectivity index (χ1) is 19.9. The Bertz CT molecular complexity index is 1350. The molecule has 0 radical (unpaired) electrons. The van der Waals surface area contributed by atoms with Crippen molar-refractivity contribution >= 4 is 29.4 Å². The standard InChI is InChI=1S/C33H38N2O6/c1-2-21-19-24-31(33(40)35(32(24)39)17-9-3-4-13-29(37)38)25-20-41-28(30(21)25)15-14-22(26-11-7-8-16-34-26)18-23-10-5-6-12-27(23)36/h5-8,10-12,16,18,24-25,28,31,36H,2-4,9,13-15,17,19-20H2,1H3,(H,37,38)/b22-18-/t24-,25+,28-,31-/m1/s1. The van der Waals surface area contributed by atoms with E-state index in [9.17, 15) is 19.5 Å². The van der Waals surface area contributed by atoms with E-state index in [0.717, 1.165) is 23.3 Å². The lowest BCUT2D eigenvalue weighted by Gasteiger charge is -2.31. The number of phenolic OH excluding ortho intramolecular Hbond substituents is 1. The molecule has 0 saturated carbocycles. The Morgan fingerprint density at radius 3 is 2.59 bits per heavy atom. The number of hydrogen-bond donors (Lipinski definition) is 2. The Balaban J connectivity index is 1.31. The van der Waals surface area contributed by atoms with Gasteiger partial charge in [0, 0.05) is 30.6 Å². The van der Waals surface area contributed by atoms with Crippen molar-refractivity contribution in [3.05, 3.63) is 71.1 Å². The van der Waals surface area contributed by atoms with Gasteiger partial charge in [0.15, 0.2) is 0 Å². The zero-order valence-corrected chi connectivity index (χ0v) is 23.5. The lowest BCUT2D eigenvalue weighted by Crippen LogP contribution is -2.34. The van der Waals surface area contributed by atoms with Gasteiger partial charge in [0.2, 0.25) is 11.8 Å². The summed E-state index contributed by atoms with van der Waals surface area (Å²) in [7, 11) is 0. The van der Waals surface area contributed by atoms with Gasteiger partial charge in [0.05, 0.1) is 30.2 Å². The third kappa shape index (κ3) is 6.12. The zero-order valence-electron chi connectivity index (χ0n) is 23.5. The van der Waals surface area contributed by atoms with Crippen molar-refractivity contribution in [1.29, 1.82) is 0 Å². The molecule has 41 heavy (non-hydrogen) atoms. The summed E-state index contributed by atoms with van der Waals surface area (Å²) in [5, 5.41) is 19.2. The first-order valence-corrected chi connectivity index (χ1v) is 14.7. The molecule has 2 amide bonds. The van der Waals surface area contributed by atoms with Gasteiger partial charge in [-0.3, -0.25) is 24.3 Å². The Kier molecular flexibility index (Phi) is 8.98. The molecule has 1 aromatic carbocycles. The molecule has 216 valence electrons. The summed E-state index contributed by atoms with van der Waals surface area (Å²) < 4.78 is 6.36. The number of pyridine rings is 1. The lowest BCUT2D eigenvalue weighted by atomic mass is 9.69. The van der Waals surface area contributed by atoms with Crippen molar-refractivity contribution in [1.82, 2.24) is 9.88 Å². The summed E-state index contributed by atoms with van der Waals surface area (Å²) in [4.78, 5) is 43.7. The molecular weight excluding hydrogens is 520 g/mol. The molecule has 2 N–H and O–H groups in total. The van der Waals surface area contributed by atoms with E-state index >= 15 is 0 Å². The molecule has 2 aliphatic heterocycles. The third-order valence-electron chi connectivity index (χ3n) is 8.73. The predicted molar refractivity (Wildman–Crippen MR) is 154 cm³/mol. The number of imide groups is 1. The quantitative estimate of drug-likeness (QED) is 0.201. The molecule has 1 aliphatic carbocycles. The Labute approximate surface area is 240 Å². The maximum atomic E-state index is 13.5. The largest absolute Gasteiger partial charge is 0.507 e. The van der Waals surface area contributed by atoms with Crippen LogP contribution in [0.3, 0.4) is 0 Å². The number of hydrogen-bond acceptors (Lipinski definition) is 6. The summed E-state index contributed by atoms with van der Waals surface area (Å²) in [5.41, 5.74) is 4.99. The normalized spacial score (nSPS) is 24.1. The number of allylic oxidation sites excluding steroid dienone is 2. The third-order valence-corrected chi connectivity index (χ3v) is 8.73. The predicted octanol–water partition coefficient (Wildman–Crippen LogP) is 5.48. The van der Waals surface area contributed by atoms with E-state index in [1.165, 1.54) is 16.0 Å². The number of fused-ring (bicyclic) bond motifs is 3. The number of para-hydroxylation sites is 1. The molecule has 3 heterocycles. The van der Waals surface area contributed by atoms with Crippen molar-refractivity contribution in [3.8, 4) is 5.75 Å². The number of benzene rings is 1. The van der Waals surface area contributed by atoms with Gasteiger partial charge in [0.25, 0.3) is 0 Å². The van der Waals surface area contributed by atoms with Crippen LogP contribution >= 0.6 is 0 Å². The molecule has 4 atom stereocenters. The zero-order chi connectivity index (χ0) is 28.9. The molecule has 2 saturated heterocycles. The van der Waals surface area contributed by atoms with Crippen LogP contribution in [0.4, 0.5) is 0 Å². The number of nitrogens with zero attached hydrogens (tertiary/aromatic N) is 2. The molecular formula is C33H38N2O6. The van der Waals surface area contributed by atoms with Crippen LogP contribution in [0.2, 0.25) is 0 Å². The van der Waals surface area contributed by atoms with Crippen LogP contribution in [0.5, 0.6) is 5.75 Å². The van der Waals surface area contributed by atoms with Gasteiger partial charge >= 0.3 is 5.97 Å². The number of amides is 2. The van der Waals surface area contributed by atoms with Crippen LogP contribution in [0.15, 0.2) is 59.8 Å². The molecule has 1 aromatic heterocycles. The highest BCUT2D eigenvalue weighted by atomic mass is 16.5. The number of carboxylic acids is 1. The number of aliphatic carboxylic acids is 1. The van der Waals surface area contributed by atoms with Crippen LogP contribution in [0.1, 0.15) is 69.5 Å². The fourth-order valence-corrected chi connectivity index (χ4v) is 6.73. The van der Waals surface area contributed by atoms with Crippen molar-refractivity contribution in [3.63, 3.8) is 0 Å². The van der Waals surface area contributed by atoms with E-state index in [1.807, 2.05) is 36.4 Å².